The molecule has 0 atom stereocenters. The first kappa shape index (κ1) is 21.9. The lowest BCUT2D eigenvalue weighted by atomic mass is 10.1. The molecule has 1 amide bonds. The van der Waals surface area contributed by atoms with E-state index in [0.29, 0.717) is 42.3 Å². The number of amides is 1. The molecule has 3 aromatic carbocycles. The predicted octanol–water partition coefficient (Wildman–Crippen LogP) is 3.63. The number of carboxylic acid groups (broad SMARTS) is 2. The molecule has 2 N–H and O–H groups in total. The molecule has 0 aromatic heterocycles. The highest BCUT2D eigenvalue weighted by atomic mass is 16.5. The van der Waals surface area contributed by atoms with Gasteiger partial charge in [0.2, 0.25) is 0 Å². The van der Waals surface area contributed by atoms with Crippen LogP contribution in [0, 0.1) is 0 Å². The van der Waals surface area contributed by atoms with Gasteiger partial charge in [-0.05, 0) is 54.1 Å². The Hall–Kier alpha value is -4.33. The van der Waals surface area contributed by atoms with Crippen LogP contribution >= 0.6 is 0 Å². The molecule has 0 saturated carbocycles. The van der Waals surface area contributed by atoms with Crippen molar-refractivity contribution >= 4 is 23.5 Å². The maximum Gasteiger partial charge on any atom is 0.341 e. The van der Waals surface area contributed by atoms with Gasteiger partial charge >= 0.3 is 11.9 Å². The number of carbonyl (C=O) groups is 3. The molecule has 0 saturated heterocycles. The van der Waals surface area contributed by atoms with Gasteiger partial charge in [0.25, 0.3) is 5.91 Å². The number of benzene rings is 3. The zero-order chi connectivity index (χ0) is 23.4. The summed E-state index contributed by atoms with van der Waals surface area (Å²) in [5.74, 6) is -1.13. The fourth-order valence-corrected chi connectivity index (χ4v) is 3.65. The van der Waals surface area contributed by atoms with Gasteiger partial charge in [0.05, 0.1) is 18.7 Å². The molecule has 1 aliphatic heterocycles. The van der Waals surface area contributed by atoms with Crippen LogP contribution in [0.2, 0.25) is 0 Å². The molecule has 0 aliphatic carbocycles. The molecule has 8 nitrogen and oxygen atoms in total. The van der Waals surface area contributed by atoms with Gasteiger partial charge in [-0.1, -0.05) is 18.2 Å². The first-order chi connectivity index (χ1) is 15.9. The first-order valence-electron chi connectivity index (χ1n) is 10.3. The van der Waals surface area contributed by atoms with Crippen LogP contribution in [-0.2, 0) is 17.8 Å². The molecule has 33 heavy (non-hydrogen) atoms. The summed E-state index contributed by atoms with van der Waals surface area (Å²) >= 11 is 0. The Morgan fingerprint density at radius 1 is 0.939 bits per heavy atom. The van der Waals surface area contributed by atoms with Crippen molar-refractivity contribution in [2.45, 2.75) is 13.0 Å². The van der Waals surface area contributed by atoms with Crippen molar-refractivity contribution in [2.75, 3.05) is 18.1 Å². The van der Waals surface area contributed by atoms with Crippen LogP contribution in [0.3, 0.4) is 0 Å². The molecule has 1 heterocycles. The van der Waals surface area contributed by atoms with E-state index in [9.17, 15) is 14.4 Å². The van der Waals surface area contributed by atoms with Gasteiger partial charge in [0.15, 0.2) is 6.61 Å². The van der Waals surface area contributed by atoms with Crippen molar-refractivity contribution in [1.29, 1.82) is 0 Å². The third-order valence-electron chi connectivity index (χ3n) is 5.26. The third-order valence-corrected chi connectivity index (χ3v) is 5.26. The van der Waals surface area contributed by atoms with Crippen LogP contribution in [0.15, 0.2) is 66.7 Å². The molecule has 0 bridgehead atoms. The highest BCUT2D eigenvalue weighted by Crippen LogP contribution is 2.34. The number of carboxylic acids is 2. The molecular formula is C25H21NO7. The van der Waals surface area contributed by atoms with E-state index in [2.05, 4.69) is 0 Å². The van der Waals surface area contributed by atoms with Gasteiger partial charge in [-0.3, -0.25) is 4.79 Å². The Morgan fingerprint density at radius 3 is 2.42 bits per heavy atom. The van der Waals surface area contributed by atoms with Crippen molar-refractivity contribution in [1.82, 2.24) is 0 Å². The van der Waals surface area contributed by atoms with E-state index >= 15 is 0 Å². The zero-order valence-electron chi connectivity index (χ0n) is 17.6. The van der Waals surface area contributed by atoms with Crippen LogP contribution in [0.4, 0.5) is 5.69 Å². The van der Waals surface area contributed by atoms with Crippen LogP contribution in [0.5, 0.6) is 11.5 Å². The highest BCUT2D eigenvalue weighted by molar-refractivity contribution is 6.10. The molecule has 1 aliphatic rings. The normalized spacial score (nSPS) is 12.4. The fraction of sp³-hybridized carbons (Fsp3) is 0.160. The van der Waals surface area contributed by atoms with Gasteiger partial charge < -0.3 is 24.6 Å². The van der Waals surface area contributed by atoms with Crippen molar-refractivity contribution in [3.63, 3.8) is 0 Å². The molecule has 0 fully saturated rings. The number of rotatable bonds is 9. The topological polar surface area (TPSA) is 113 Å². The predicted molar refractivity (Wildman–Crippen MR) is 119 cm³/mol. The van der Waals surface area contributed by atoms with Crippen LogP contribution < -0.4 is 14.4 Å². The lowest BCUT2D eigenvalue weighted by Gasteiger charge is -2.16. The smallest absolute Gasteiger partial charge is 0.341 e. The Kier molecular flexibility index (Phi) is 6.26. The number of hydrogen-bond donors (Lipinski definition) is 2. The van der Waals surface area contributed by atoms with Crippen LogP contribution in [0.1, 0.15) is 31.8 Å². The van der Waals surface area contributed by atoms with E-state index in [0.717, 1.165) is 11.1 Å². The van der Waals surface area contributed by atoms with Gasteiger partial charge in [0, 0.05) is 23.2 Å². The number of nitrogens with zero attached hydrogens (tertiary/aromatic N) is 1. The third kappa shape index (κ3) is 4.95. The van der Waals surface area contributed by atoms with Gasteiger partial charge in [0.1, 0.15) is 11.5 Å². The van der Waals surface area contributed by atoms with Gasteiger partial charge in [-0.25, -0.2) is 9.59 Å². The second kappa shape index (κ2) is 9.44. The number of fused-ring (bicyclic) bond motifs is 1. The van der Waals surface area contributed by atoms with E-state index in [4.69, 9.17) is 19.7 Å². The van der Waals surface area contributed by atoms with Crippen LogP contribution in [0.25, 0.3) is 0 Å². The summed E-state index contributed by atoms with van der Waals surface area (Å²) < 4.78 is 11.2. The molecule has 168 valence electrons. The SMILES string of the molecule is O=C(O)COc1cccc(CCOc2cccc3c2CN(c2ccc(C(=O)O)cc2)C3=O)c1. The molecule has 4 rings (SSSR count). The largest absolute Gasteiger partial charge is 0.493 e. The number of carbonyl (C=O) groups excluding carboxylic acids is 1. The van der Waals surface area contributed by atoms with Gasteiger partial charge in [-0.15, -0.1) is 0 Å². The second-order valence-corrected chi connectivity index (χ2v) is 7.45. The van der Waals surface area contributed by atoms with Gasteiger partial charge in [-0.2, -0.15) is 0 Å². The van der Waals surface area contributed by atoms with E-state index in [1.807, 2.05) is 12.1 Å². The standard InChI is InChI=1S/C25H21NO7/c27-23(28)15-33-19-4-1-3-16(13-19)11-12-32-22-6-2-5-20-21(22)14-26(24(20)29)18-9-7-17(8-10-18)25(30)31/h1-10,13H,11-12,14-15H2,(H,27,28)(H,30,31). The Bertz CT molecular complexity index is 1200. The summed E-state index contributed by atoms with van der Waals surface area (Å²) in [6, 6.07) is 18.7. The van der Waals surface area contributed by atoms with Crippen LogP contribution in [-0.4, -0.2) is 41.3 Å². The summed E-state index contributed by atoms with van der Waals surface area (Å²) in [5.41, 5.74) is 3.04. The molecule has 8 heteroatoms. The quantitative estimate of drug-likeness (QED) is 0.515. The average molecular weight is 447 g/mol. The number of hydrogen-bond acceptors (Lipinski definition) is 5. The Balaban J connectivity index is 1.42. The summed E-state index contributed by atoms with van der Waals surface area (Å²) in [6.45, 7) is 0.287. The van der Waals surface area contributed by atoms with Crippen molar-refractivity contribution in [2.24, 2.45) is 0 Å². The van der Waals surface area contributed by atoms with E-state index < -0.39 is 18.5 Å². The minimum absolute atomic E-state index is 0.157. The number of ether oxygens (including phenoxy) is 2. The number of anilines is 1. The molecule has 0 spiro atoms. The molecule has 3 aromatic rings. The summed E-state index contributed by atoms with van der Waals surface area (Å²) in [6.07, 6.45) is 0.572. The minimum atomic E-state index is -1.04. The van der Waals surface area contributed by atoms with E-state index in [-0.39, 0.29) is 11.5 Å². The van der Waals surface area contributed by atoms with E-state index in [1.165, 1.54) is 12.1 Å². The molecule has 0 radical (unpaired) electrons. The number of aromatic carboxylic acids is 1. The summed E-state index contributed by atoms with van der Waals surface area (Å²) in [4.78, 5) is 36.2. The lowest BCUT2D eigenvalue weighted by Crippen LogP contribution is -2.22. The summed E-state index contributed by atoms with van der Waals surface area (Å²) in [7, 11) is 0. The molecule has 0 unspecified atom stereocenters. The Morgan fingerprint density at radius 2 is 1.70 bits per heavy atom. The van der Waals surface area contributed by atoms with Crippen molar-refractivity contribution in [3.8, 4) is 11.5 Å². The zero-order valence-corrected chi connectivity index (χ0v) is 17.6. The molecular weight excluding hydrogens is 426 g/mol. The maximum absolute atomic E-state index is 12.9. The average Bonchev–Trinajstić information content (AvgIpc) is 3.15. The minimum Gasteiger partial charge on any atom is -0.493 e. The monoisotopic (exact) mass is 447 g/mol. The lowest BCUT2D eigenvalue weighted by molar-refractivity contribution is -0.139. The Labute approximate surface area is 189 Å². The van der Waals surface area contributed by atoms with Crippen molar-refractivity contribution < 1.29 is 34.1 Å². The highest BCUT2D eigenvalue weighted by Gasteiger charge is 2.31. The maximum atomic E-state index is 12.9. The van der Waals surface area contributed by atoms with Crippen molar-refractivity contribution in [3.05, 3.63) is 89.0 Å². The van der Waals surface area contributed by atoms with E-state index in [1.54, 1.807) is 47.4 Å². The first-order valence-corrected chi connectivity index (χ1v) is 10.3. The second-order valence-electron chi connectivity index (χ2n) is 7.45. The summed E-state index contributed by atoms with van der Waals surface area (Å²) in [5, 5.41) is 17.8. The number of aliphatic carboxylic acids is 1. The fourth-order valence-electron chi connectivity index (χ4n) is 3.65.